The number of benzene rings is 2. The third kappa shape index (κ3) is 4.90. The summed E-state index contributed by atoms with van der Waals surface area (Å²) in [6.07, 6.45) is 1.23. The number of rotatable bonds is 4. The van der Waals surface area contributed by atoms with Gasteiger partial charge in [-0.15, -0.1) is 0 Å². The highest BCUT2D eigenvalue weighted by Crippen LogP contribution is 2.20. The van der Waals surface area contributed by atoms with Crippen LogP contribution in [-0.4, -0.2) is 66.6 Å². The Hall–Kier alpha value is -4.05. The molecule has 0 spiro atoms. The average molecular weight is 451 g/mol. The van der Waals surface area contributed by atoms with Crippen LogP contribution < -0.4 is 10.5 Å². The summed E-state index contributed by atoms with van der Waals surface area (Å²) < 4.78 is 14.1. The first-order valence-electron chi connectivity index (χ1n) is 10.3. The molecule has 33 heavy (non-hydrogen) atoms. The highest BCUT2D eigenvalue weighted by molar-refractivity contribution is 6.45. The van der Waals surface area contributed by atoms with Crippen LogP contribution in [0.15, 0.2) is 71.4 Å². The van der Waals surface area contributed by atoms with E-state index in [1.54, 1.807) is 48.5 Å². The van der Waals surface area contributed by atoms with Crippen molar-refractivity contribution in [3.63, 3.8) is 0 Å². The van der Waals surface area contributed by atoms with Gasteiger partial charge in [0.25, 0.3) is 11.8 Å². The van der Waals surface area contributed by atoms with E-state index in [9.17, 15) is 18.8 Å². The molecule has 0 atom stereocenters. The summed E-state index contributed by atoms with van der Waals surface area (Å²) in [6.45, 7) is 1.42. The van der Waals surface area contributed by atoms with E-state index < -0.39 is 17.8 Å². The molecule has 2 aliphatic heterocycles. The van der Waals surface area contributed by atoms with Crippen molar-refractivity contribution in [3.05, 3.63) is 77.8 Å². The molecule has 0 bridgehead atoms. The molecular formula is C23H22FN5O4. The molecule has 9 nitrogen and oxygen atoms in total. The third-order valence-corrected chi connectivity index (χ3v) is 5.34. The van der Waals surface area contributed by atoms with Crippen molar-refractivity contribution in [2.24, 2.45) is 4.99 Å². The molecule has 2 aliphatic rings. The predicted octanol–water partition coefficient (Wildman–Crippen LogP) is 1.55. The van der Waals surface area contributed by atoms with Crippen LogP contribution in [0.2, 0.25) is 0 Å². The van der Waals surface area contributed by atoms with Gasteiger partial charge < -0.3 is 14.6 Å². The second kappa shape index (κ2) is 9.61. The standard InChI is InChI=1S/C23H22FN5O4/c1-27-20(23(32)33-26-27)15-18(25-21(30)16-7-3-2-4-8-16)22(31)29-13-11-28(12-14-29)19-10-6-5-9-17(19)24/h2-10,15,26H,11-14H2,1H3/b20-15+,25-18?. The second-order valence-corrected chi connectivity index (χ2v) is 7.47. The molecule has 0 radical (unpaired) electrons. The van der Waals surface area contributed by atoms with E-state index in [1.807, 2.05) is 4.90 Å². The van der Waals surface area contributed by atoms with Crippen molar-refractivity contribution in [3.8, 4) is 0 Å². The number of hydrazine groups is 1. The quantitative estimate of drug-likeness (QED) is 0.557. The average Bonchev–Trinajstić information content (AvgIpc) is 3.16. The van der Waals surface area contributed by atoms with Gasteiger partial charge in [-0.25, -0.2) is 14.2 Å². The van der Waals surface area contributed by atoms with E-state index in [2.05, 4.69) is 10.6 Å². The summed E-state index contributed by atoms with van der Waals surface area (Å²) >= 11 is 0. The van der Waals surface area contributed by atoms with Gasteiger partial charge in [-0.3, -0.25) is 14.6 Å². The van der Waals surface area contributed by atoms with Crippen LogP contribution >= 0.6 is 0 Å². The lowest BCUT2D eigenvalue weighted by molar-refractivity contribution is -0.142. The minimum absolute atomic E-state index is 0.0351. The second-order valence-electron chi connectivity index (χ2n) is 7.47. The van der Waals surface area contributed by atoms with E-state index in [4.69, 9.17) is 4.84 Å². The number of hydrogen-bond acceptors (Lipinski definition) is 7. The maximum Gasteiger partial charge on any atom is 0.376 e. The number of nitrogens with one attached hydrogen (secondary N) is 1. The van der Waals surface area contributed by atoms with Crippen LogP contribution in [0.1, 0.15) is 10.4 Å². The highest BCUT2D eigenvalue weighted by Gasteiger charge is 2.30. The molecule has 170 valence electrons. The summed E-state index contributed by atoms with van der Waals surface area (Å²) in [5, 5.41) is 1.29. The summed E-state index contributed by atoms with van der Waals surface area (Å²) in [4.78, 5) is 50.1. The number of anilines is 1. The van der Waals surface area contributed by atoms with Gasteiger partial charge in [-0.05, 0) is 24.3 Å². The van der Waals surface area contributed by atoms with Crippen LogP contribution in [0, 0.1) is 5.82 Å². The monoisotopic (exact) mass is 451 g/mol. The molecule has 0 saturated carbocycles. The van der Waals surface area contributed by atoms with E-state index >= 15 is 0 Å². The van der Waals surface area contributed by atoms with Gasteiger partial charge in [0.15, 0.2) is 0 Å². The lowest BCUT2D eigenvalue weighted by atomic mass is 10.2. The zero-order valence-corrected chi connectivity index (χ0v) is 17.9. The minimum Gasteiger partial charge on any atom is -0.366 e. The molecule has 10 heteroatoms. The number of para-hydroxylation sites is 1. The van der Waals surface area contributed by atoms with Gasteiger partial charge in [0, 0.05) is 44.9 Å². The summed E-state index contributed by atoms with van der Waals surface area (Å²) in [5.74, 6) is -2.14. The molecule has 2 aromatic rings. The summed E-state index contributed by atoms with van der Waals surface area (Å²) in [5.41, 5.74) is 3.00. The van der Waals surface area contributed by atoms with Crippen LogP contribution in [0.25, 0.3) is 0 Å². The van der Waals surface area contributed by atoms with Gasteiger partial charge in [0.1, 0.15) is 17.2 Å². The summed E-state index contributed by atoms with van der Waals surface area (Å²) in [6, 6.07) is 14.8. The number of piperazine rings is 1. The number of halogens is 1. The molecule has 2 heterocycles. The first-order chi connectivity index (χ1) is 15.9. The van der Waals surface area contributed by atoms with Gasteiger partial charge in [0.2, 0.25) is 0 Å². The number of hydrogen-bond donors (Lipinski definition) is 1. The van der Waals surface area contributed by atoms with Crippen molar-refractivity contribution >= 4 is 29.2 Å². The number of amides is 2. The topological polar surface area (TPSA) is 94.5 Å². The van der Waals surface area contributed by atoms with Crippen LogP contribution in [-0.2, 0) is 14.4 Å². The molecule has 0 aromatic heterocycles. The van der Waals surface area contributed by atoms with Crippen LogP contribution in [0.4, 0.5) is 10.1 Å². The smallest absolute Gasteiger partial charge is 0.366 e. The van der Waals surface area contributed by atoms with E-state index in [1.165, 1.54) is 29.1 Å². The Balaban J connectivity index is 1.57. The van der Waals surface area contributed by atoms with E-state index in [-0.39, 0.29) is 17.2 Å². The Bertz CT molecular complexity index is 1130. The highest BCUT2D eigenvalue weighted by atomic mass is 19.1. The van der Waals surface area contributed by atoms with Gasteiger partial charge in [-0.2, -0.15) is 0 Å². The molecule has 0 aliphatic carbocycles. The fraction of sp³-hybridized carbons (Fsp3) is 0.217. The number of nitrogens with zero attached hydrogens (tertiary/aromatic N) is 4. The zero-order chi connectivity index (χ0) is 23.4. The van der Waals surface area contributed by atoms with Gasteiger partial charge in [-0.1, -0.05) is 35.9 Å². The first kappa shape index (κ1) is 22.2. The predicted molar refractivity (Wildman–Crippen MR) is 118 cm³/mol. The maximum atomic E-state index is 14.1. The molecular weight excluding hydrogens is 429 g/mol. The maximum absolute atomic E-state index is 14.1. The van der Waals surface area contributed by atoms with Gasteiger partial charge in [0.05, 0.1) is 5.69 Å². The van der Waals surface area contributed by atoms with Crippen molar-refractivity contribution < 1.29 is 23.6 Å². The van der Waals surface area contributed by atoms with Crippen molar-refractivity contribution in [1.29, 1.82) is 0 Å². The van der Waals surface area contributed by atoms with Crippen LogP contribution in [0.3, 0.4) is 0 Å². The van der Waals surface area contributed by atoms with Gasteiger partial charge >= 0.3 is 5.97 Å². The Morgan fingerprint density at radius 1 is 1.03 bits per heavy atom. The lowest BCUT2D eigenvalue weighted by Gasteiger charge is -2.36. The zero-order valence-electron chi connectivity index (χ0n) is 17.9. The Morgan fingerprint density at radius 2 is 1.70 bits per heavy atom. The lowest BCUT2D eigenvalue weighted by Crippen LogP contribution is -2.50. The molecule has 1 N–H and O–H groups in total. The molecule has 0 unspecified atom stereocenters. The van der Waals surface area contributed by atoms with Crippen molar-refractivity contribution in [2.75, 3.05) is 38.1 Å². The van der Waals surface area contributed by atoms with Crippen molar-refractivity contribution in [2.45, 2.75) is 0 Å². The van der Waals surface area contributed by atoms with Crippen LogP contribution in [0.5, 0.6) is 0 Å². The molecule has 2 amide bonds. The molecule has 2 saturated heterocycles. The third-order valence-electron chi connectivity index (χ3n) is 5.34. The Morgan fingerprint density at radius 3 is 2.33 bits per heavy atom. The van der Waals surface area contributed by atoms with E-state index in [0.717, 1.165) is 0 Å². The molecule has 4 rings (SSSR count). The Kier molecular flexibility index (Phi) is 6.45. The fourth-order valence-electron chi connectivity index (χ4n) is 3.55. The van der Waals surface area contributed by atoms with Crippen molar-refractivity contribution in [1.82, 2.24) is 15.5 Å². The summed E-state index contributed by atoms with van der Waals surface area (Å²) in [7, 11) is 1.53. The Labute approximate surface area is 189 Å². The fourth-order valence-corrected chi connectivity index (χ4v) is 3.55. The number of carbonyl (C=O) groups excluding carboxylic acids is 3. The largest absolute Gasteiger partial charge is 0.376 e. The molecule has 2 fully saturated rings. The SMILES string of the molecule is CN1NOC(=O)/C1=C\C(=NC(=O)c1ccccc1)C(=O)N1CCN(c2ccccc2F)CC1. The molecule has 2 aromatic carbocycles. The number of aliphatic imine (C=N–C) groups is 1. The number of carbonyl (C=O) groups is 3. The minimum atomic E-state index is -0.700. The number of likely N-dealkylation sites (N-methyl/N-ethyl adjacent to an activating group) is 1. The first-order valence-corrected chi connectivity index (χ1v) is 10.3. The normalized spacial score (nSPS) is 18.0. The van der Waals surface area contributed by atoms with E-state index in [0.29, 0.717) is 37.4 Å².